The van der Waals surface area contributed by atoms with Gasteiger partial charge in [-0.15, -0.1) is 0 Å². The van der Waals surface area contributed by atoms with Gasteiger partial charge in [-0.05, 0) is 59.9 Å². The van der Waals surface area contributed by atoms with Crippen molar-refractivity contribution < 1.29 is 19.1 Å². The maximum atomic E-state index is 12.4. The lowest BCUT2D eigenvalue weighted by Gasteiger charge is -2.23. The minimum absolute atomic E-state index is 0.285. The molecule has 0 saturated carbocycles. The maximum absolute atomic E-state index is 12.4. The van der Waals surface area contributed by atoms with Gasteiger partial charge in [0.2, 0.25) is 5.91 Å². The van der Waals surface area contributed by atoms with E-state index in [2.05, 4.69) is 21.5 Å². The van der Waals surface area contributed by atoms with E-state index in [1.54, 1.807) is 27.7 Å². The Bertz CT molecular complexity index is 519. The summed E-state index contributed by atoms with van der Waals surface area (Å²) in [5.41, 5.74) is 9.41. The normalized spacial score (nSPS) is 11.9. The predicted octanol–water partition coefficient (Wildman–Crippen LogP) is 0.913. The zero-order valence-corrected chi connectivity index (χ0v) is 17.4. The van der Waals surface area contributed by atoms with E-state index in [1.807, 2.05) is 0 Å². The first-order valence-electron chi connectivity index (χ1n) is 9.62. The number of nitrogens with one attached hydrogen (secondary N) is 5. The fourth-order valence-electron chi connectivity index (χ4n) is 2.19. The van der Waals surface area contributed by atoms with Gasteiger partial charge in [0.05, 0.1) is 5.84 Å². The van der Waals surface area contributed by atoms with Gasteiger partial charge in [0.25, 0.3) is 5.91 Å². The van der Waals surface area contributed by atoms with Crippen LogP contribution in [-0.4, -0.2) is 48.5 Å². The molecule has 10 nitrogen and oxygen atoms in total. The molecule has 0 heterocycles. The molecule has 0 radical (unpaired) electrons. The van der Waals surface area contributed by atoms with E-state index in [1.165, 1.54) is 0 Å². The van der Waals surface area contributed by atoms with Crippen molar-refractivity contribution in [1.82, 2.24) is 21.5 Å². The Balaban J connectivity index is 4.56. The number of carbonyl (C=O) groups excluding carboxylic acids is 3. The Morgan fingerprint density at radius 3 is 2.32 bits per heavy atom. The standard InChI is InChI=1S/C18H36N6O4/c1-13(20)21-12-8-9-14(22-17(27)28-18(2,3)4)16(26)24-23-15(25)10-6-5-7-11-19/h14H,5-12,19H2,1-4H3,(H2,20,21)(H,22,27)(H,23,25)(H,24,26)/t14-/m1/s1. The molecule has 0 saturated heterocycles. The smallest absolute Gasteiger partial charge is 0.408 e. The summed E-state index contributed by atoms with van der Waals surface area (Å²) >= 11 is 0. The molecule has 0 fully saturated rings. The van der Waals surface area contributed by atoms with Gasteiger partial charge in [-0.3, -0.25) is 25.8 Å². The lowest BCUT2D eigenvalue weighted by atomic mass is 10.1. The molecular weight excluding hydrogens is 364 g/mol. The lowest BCUT2D eigenvalue weighted by Crippen LogP contribution is -2.53. The Morgan fingerprint density at radius 1 is 1.07 bits per heavy atom. The second-order valence-corrected chi connectivity index (χ2v) is 7.53. The average molecular weight is 401 g/mol. The van der Waals surface area contributed by atoms with Crippen LogP contribution < -0.4 is 27.2 Å². The first kappa shape index (κ1) is 25.6. The Morgan fingerprint density at radius 2 is 1.75 bits per heavy atom. The van der Waals surface area contributed by atoms with E-state index in [0.717, 1.165) is 12.8 Å². The van der Waals surface area contributed by atoms with Crippen LogP contribution in [-0.2, 0) is 14.3 Å². The number of rotatable bonds is 11. The summed E-state index contributed by atoms with van der Waals surface area (Å²) in [4.78, 5) is 36.1. The maximum Gasteiger partial charge on any atom is 0.408 e. The van der Waals surface area contributed by atoms with Gasteiger partial charge in [0.1, 0.15) is 11.6 Å². The molecule has 1 atom stereocenters. The number of alkyl carbamates (subject to hydrolysis) is 1. The van der Waals surface area contributed by atoms with Crippen LogP contribution in [0.1, 0.15) is 66.2 Å². The second-order valence-electron chi connectivity index (χ2n) is 7.53. The highest BCUT2D eigenvalue weighted by Gasteiger charge is 2.24. The van der Waals surface area contributed by atoms with E-state index in [0.29, 0.717) is 38.2 Å². The fourth-order valence-corrected chi connectivity index (χ4v) is 2.19. The number of nitrogens with two attached hydrogens (primary N) is 1. The number of hydrogen-bond donors (Lipinski definition) is 6. The summed E-state index contributed by atoms with van der Waals surface area (Å²) in [6.45, 7) is 7.87. The van der Waals surface area contributed by atoms with Crippen molar-refractivity contribution >= 4 is 23.7 Å². The van der Waals surface area contributed by atoms with Crippen LogP contribution in [0, 0.1) is 5.41 Å². The van der Waals surface area contributed by atoms with Gasteiger partial charge >= 0.3 is 6.09 Å². The molecule has 0 rings (SSSR count). The van der Waals surface area contributed by atoms with E-state index >= 15 is 0 Å². The molecule has 0 aromatic heterocycles. The van der Waals surface area contributed by atoms with Gasteiger partial charge in [-0.25, -0.2) is 4.79 Å². The van der Waals surface area contributed by atoms with Crippen LogP contribution in [0.5, 0.6) is 0 Å². The Labute approximate surface area is 167 Å². The summed E-state index contributed by atoms with van der Waals surface area (Å²) in [7, 11) is 0. The molecule has 0 bridgehead atoms. The molecule has 3 amide bonds. The number of amidine groups is 1. The summed E-state index contributed by atoms with van der Waals surface area (Å²) in [5.74, 6) is -0.516. The van der Waals surface area contributed by atoms with Crippen molar-refractivity contribution in [3.8, 4) is 0 Å². The molecule has 0 aliphatic rings. The molecule has 0 aromatic carbocycles. The van der Waals surface area contributed by atoms with Crippen molar-refractivity contribution in [3.05, 3.63) is 0 Å². The molecule has 0 aliphatic carbocycles. The minimum Gasteiger partial charge on any atom is -0.444 e. The lowest BCUT2D eigenvalue weighted by molar-refractivity contribution is -0.130. The molecular formula is C18H36N6O4. The van der Waals surface area contributed by atoms with Crippen LogP contribution in [0.4, 0.5) is 4.79 Å². The molecule has 0 aliphatic heterocycles. The van der Waals surface area contributed by atoms with Crippen LogP contribution in [0.3, 0.4) is 0 Å². The third kappa shape index (κ3) is 14.8. The van der Waals surface area contributed by atoms with E-state index in [4.69, 9.17) is 15.9 Å². The quantitative estimate of drug-likeness (QED) is 0.131. The fraction of sp³-hybridized carbons (Fsp3) is 0.778. The third-order valence-corrected chi connectivity index (χ3v) is 3.50. The topological polar surface area (TPSA) is 158 Å². The Hall–Kier alpha value is -2.36. The predicted molar refractivity (Wildman–Crippen MR) is 108 cm³/mol. The number of carbonyl (C=O) groups is 3. The van der Waals surface area contributed by atoms with Gasteiger partial charge in [0, 0.05) is 13.0 Å². The number of unbranched alkanes of at least 4 members (excludes halogenated alkanes) is 2. The van der Waals surface area contributed by atoms with Crippen molar-refractivity contribution in [1.29, 1.82) is 5.41 Å². The van der Waals surface area contributed by atoms with Gasteiger partial charge in [-0.2, -0.15) is 0 Å². The third-order valence-electron chi connectivity index (χ3n) is 3.50. The molecule has 162 valence electrons. The molecule has 10 heteroatoms. The Kier molecular flexibility index (Phi) is 12.6. The van der Waals surface area contributed by atoms with Crippen LogP contribution in [0.25, 0.3) is 0 Å². The summed E-state index contributed by atoms with van der Waals surface area (Å²) in [6.07, 6.45) is 2.82. The average Bonchev–Trinajstić information content (AvgIpc) is 2.57. The number of ether oxygens (including phenoxy) is 1. The highest BCUT2D eigenvalue weighted by atomic mass is 16.6. The number of hydrogen-bond acceptors (Lipinski definition) is 6. The summed E-state index contributed by atoms with van der Waals surface area (Å²) in [5, 5.41) is 12.7. The monoisotopic (exact) mass is 400 g/mol. The van der Waals surface area contributed by atoms with Crippen molar-refractivity contribution in [2.75, 3.05) is 13.1 Å². The van der Waals surface area contributed by atoms with Crippen molar-refractivity contribution in [3.63, 3.8) is 0 Å². The van der Waals surface area contributed by atoms with Gasteiger partial charge in [0.15, 0.2) is 0 Å². The first-order valence-corrected chi connectivity index (χ1v) is 9.62. The summed E-state index contributed by atoms with van der Waals surface area (Å²) < 4.78 is 5.19. The van der Waals surface area contributed by atoms with Crippen molar-refractivity contribution in [2.24, 2.45) is 5.73 Å². The number of amides is 3. The van der Waals surface area contributed by atoms with E-state index in [-0.39, 0.29) is 12.3 Å². The zero-order valence-electron chi connectivity index (χ0n) is 17.4. The van der Waals surface area contributed by atoms with Crippen LogP contribution in [0.2, 0.25) is 0 Å². The SMILES string of the molecule is CC(=N)NCCC[C@@H](NC(=O)OC(C)(C)C)C(=O)NNC(=O)CCCCCN. The molecule has 0 unspecified atom stereocenters. The highest BCUT2D eigenvalue weighted by molar-refractivity contribution is 5.87. The summed E-state index contributed by atoms with van der Waals surface area (Å²) in [6, 6.07) is -0.875. The first-order chi connectivity index (χ1) is 13.0. The molecule has 7 N–H and O–H groups in total. The van der Waals surface area contributed by atoms with Crippen LogP contribution >= 0.6 is 0 Å². The van der Waals surface area contributed by atoms with Crippen LogP contribution in [0.15, 0.2) is 0 Å². The van der Waals surface area contributed by atoms with E-state index in [9.17, 15) is 14.4 Å². The highest BCUT2D eigenvalue weighted by Crippen LogP contribution is 2.08. The van der Waals surface area contributed by atoms with Gasteiger partial charge in [-0.1, -0.05) is 6.42 Å². The molecule has 0 spiro atoms. The minimum atomic E-state index is -0.875. The van der Waals surface area contributed by atoms with Crippen molar-refractivity contribution in [2.45, 2.75) is 77.9 Å². The zero-order chi connectivity index (χ0) is 21.6. The second kappa shape index (κ2) is 13.8. The van der Waals surface area contributed by atoms with Gasteiger partial charge < -0.3 is 21.1 Å². The molecule has 0 aromatic rings. The van der Waals surface area contributed by atoms with E-state index < -0.39 is 23.6 Å². The largest absolute Gasteiger partial charge is 0.444 e. The molecule has 28 heavy (non-hydrogen) atoms. The number of hydrazine groups is 1.